The minimum absolute atomic E-state index is 0. The van der Waals surface area contributed by atoms with Crippen LogP contribution in [0.5, 0.6) is 0 Å². The van der Waals surface area contributed by atoms with E-state index in [1.54, 1.807) is 6.07 Å². The van der Waals surface area contributed by atoms with E-state index in [0.29, 0.717) is 31.5 Å². The molecule has 2 aromatic rings. The van der Waals surface area contributed by atoms with Crippen LogP contribution >= 0.6 is 24.0 Å². The number of guanidine groups is 1. The molecule has 1 aromatic heterocycles. The first kappa shape index (κ1) is 22.3. The van der Waals surface area contributed by atoms with Gasteiger partial charge in [-0.2, -0.15) is 0 Å². The van der Waals surface area contributed by atoms with Crippen LogP contribution in [0.3, 0.4) is 0 Å². The quantitative estimate of drug-likeness (QED) is 0.374. The topological polar surface area (TPSA) is 62.5 Å². The summed E-state index contributed by atoms with van der Waals surface area (Å²) in [5.74, 6) is 0.279. The van der Waals surface area contributed by atoms with Crippen LogP contribution in [0.1, 0.15) is 42.7 Å². The van der Waals surface area contributed by atoms with Crippen molar-refractivity contribution in [2.75, 3.05) is 13.1 Å². The van der Waals surface area contributed by atoms with Crippen molar-refractivity contribution < 1.29 is 13.2 Å². The molecular formula is C18H25F2IN4O. The SMILES string of the molecule is CCNC(=NCc1nc(C)c(C)o1)NCC(C)c1ccc(F)c(F)c1.I. The number of rotatable bonds is 6. The van der Waals surface area contributed by atoms with Crippen LogP contribution in [0.2, 0.25) is 0 Å². The minimum Gasteiger partial charge on any atom is -0.444 e. The summed E-state index contributed by atoms with van der Waals surface area (Å²) in [4.78, 5) is 8.74. The number of oxazole rings is 1. The Morgan fingerprint density at radius 1 is 1.23 bits per heavy atom. The number of nitrogens with one attached hydrogen (secondary N) is 2. The highest BCUT2D eigenvalue weighted by Gasteiger charge is 2.11. The van der Waals surface area contributed by atoms with Gasteiger partial charge in [0.25, 0.3) is 0 Å². The van der Waals surface area contributed by atoms with E-state index < -0.39 is 11.6 Å². The van der Waals surface area contributed by atoms with Gasteiger partial charge in [0.15, 0.2) is 17.6 Å². The van der Waals surface area contributed by atoms with Gasteiger partial charge in [-0.1, -0.05) is 13.0 Å². The molecule has 1 atom stereocenters. The summed E-state index contributed by atoms with van der Waals surface area (Å²) in [5, 5.41) is 6.33. The van der Waals surface area contributed by atoms with E-state index >= 15 is 0 Å². The van der Waals surface area contributed by atoms with Crippen molar-refractivity contribution in [3.63, 3.8) is 0 Å². The summed E-state index contributed by atoms with van der Waals surface area (Å²) in [7, 11) is 0. The van der Waals surface area contributed by atoms with Crippen molar-refractivity contribution in [3.05, 3.63) is 52.7 Å². The summed E-state index contributed by atoms with van der Waals surface area (Å²) < 4.78 is 31.9. The number of aryl methyl sites for hydroxylation is 2. The molecule has 0 amide bonds. The van der Waals surface area contributed by atoms with Crippen LogP contribution in [0.4, 0.5) is 8.78 Å². The molecule has 5 nitrogen and oxygen atoms in total. The zero-order valence-electron chi connectivity index (χ0n) is 15.4. The predicted molar refractivity (Wildman–Crippen MR) is 109 cm³/mol. The summed E-state index contributed by atoms with van der Waals surface area (Å²) in [5.41, 5.74) is 1.58. The van der Waals surface area contributed by atoms with E-state index in [2.05, 4.69) is 20.6 Å². The maximum Gasteiger partial charge on any atom is 0.216 e. The number of aromatic nitrogens is 1. The maximum atomic E-state index is 13.4. The van der Waals surface area contributed by atoms with Gasteiger partial charge >= 0.3 is 0 Å². The minimum atomic E-state index is -0.838. The fourth-order valence-electron chi connectivity index (χ4n) is 2.28. The number of aliphatic imine (C=N–C) groups is 1. The highest BCUT2D eigenvalue weighted by atomic mass is 127. The van der Waals surface area contributed by atoms with Gasteiger partial charge in [-0.15, -0.1) is 24.0 Å². The van der Waals surface area contributed by atoms with E-state index in [0.717, 1.165) is 23.1 Å². The number of hydrogen-bond acceptors (Lipinski definition) is 3. The third-order valence-corrected chi connectivity index (χ3v) is 3.88. The fourth-order valence-corrected chi connectivity index (χ4v) is 2.28. The number of nitrogens with zero attached hydrogens (tertiary/aromatic N) is 2. The van der Waals surface area contributed by atoms with E-state index in [1.807, 2.05) is 27.7 Å². The molecule has 0 radical (unpaired) electrons. The molecule has 0 aliphatic heterocycles. The molecular weight excluding hydrogens is 453 g/mol. The average molecular weight is 478 g/mol. The Bertz CT molecular complexity index is 729. The molecule has 0 spiro atoms. The zero-order valence-corrected chi connectivity index (χ0v) is 17.7. The lowest BCUT2D eigenvalue weighted by molar-refractivity contribution is 0.472. The van der Waals surface area contributed by atoms with Crippen molar-refractivity contribution in [2.45, 2.75) is 40.2 Å². The van der Waals surface area contributed by atoms with Gasteiger partial charge in [0.2, 0.25) is 5.89 Å². The number of halogens is 3. The number of hydrogen-bond donors (Lipinski definition) is 2. The molecule has 0 aliphatic carbocycles. The third-order valence-electron chi connectivity index (χ3n) is 3.88. The van der Waals surface area contributed by atoms with Crippen molar-refractivity contribution in [1.29, 1.82) is 0 Å². The predicted octanol–water partition coefficient (Wildman–Crippen LogP) is 4.05. The van der Waals surface area contributed by atoms with Gasteiger partial charge in [-0.3, -0.25) is 0 Å². The monoisotopic (exact) mass is 478 g/mol. The second kappa shape index (κ2) is 10.4. The molecule has 1 aromatic carbocycles. The second-order valence-corrected chi connectivity index (χ2v) is 5.90. The van der Waals surface area contributed by atoms with Crippen LogP contribution in [0.15, 0.2) is 27.6 Å². The molecule has 8 heteroatoms. The molecule has 0 bridgehead atoms. The molecule has 26 heavy (non-hydrogen) atoms. The fraction of sp³-hybridized carbons (Fsp3) is 0.444. The molecule has 0 aliphatic rings. The second-order valence-electron chi connectivity index (χ2n) is 5.90. The molecule has 1 heterocycles. The van der Waals surface area contributed by atoms with Gasteiger partial charge in [0, 0.05) is 13.1 Å². The lowest BCUT2D eigenvalue weighted by atomic mass is 10.0. The summed E-state index contributed by atoms with van der Waals surface area (Å²) in [6.45, 7) is 9.21. The molecule has 2 rings (SSSR count). The standard InChI is InChI=1S/C18H24F2N4O.HI/c1-5-21-18(23-10-17-24-12(3)13(4)25-17)22-9-11(2)14-6-7-15(19)16(20)8-14;/h6-8,11H,5,9-10H2,1-4H3,(H2,21,22,23);1H. The van der Waals surface area contributed by atoms with Crippen LogP contribution in [0, 0.1) is 25.5 Å². The molecule has 0 saturated carbocycles. The largest absolute Gasteiger partial charge is 0.444 e. The molecule has 0 fully saturated rings. The van der Waals surface area contributed by atoms with Crippen LogP contribution < -0.4 is 10.6 Å². The van der Waals surface area contributed by atoms with Crippen LogP contribution in [0.25, 0.3) is 0 Å². The van der Waals surface area contributed by atoms with Crippen LogP contribution in [-0.2, 0) is 6.54 Å². The lowest BCUT2D eigenvalue weighted by Gasteiger charge is -2.16. The summed E-state index contributed by atoms with van der Waals surface area (Å²) in [6, 6.07) is 3.96. The Labute approximate surface area is 169 Å². The Morgan fingerprint density at radius 3 is 2.54 bits per heavy atom. The smallest absolute Gasteiger partial charge is 0.216 e. The Balaban J connectivity index is 0.00000338. The number of benzene rings is 1. The van der Waals surface area contributed by atoms with Crippen molar-refractivity contribution in [2.24, 2.45) is 4.99 Å². The Kier molecular flexibility index (Phi) is 8.97. The normalized spacial score (nSPS) is 12.5. The molecule has 2 N–H and O–H groups in total. The highest BCUT2D eigenvalue weighted by molar-refractivity contribution is 14.0. The lowest BCUT2D eigenvalue weighted by Crippen LogP contribution is -2.39. The van der Waals surface area contributed by atoms with Gasteiger partial charge in [-0.05, 0) is 44.4 Å². The molecule has 0 saturated heterocycles. The van der Waals surface area contributed by atoms with E-state index in [9.17, 15) is 8.78 Å². The first-order valence-electron chi connectivity index (χ1n) is 8.30. The van der Waals surface area contributed by atoms with Gasteiger partial charge < -0.3 is 15.1 Å². The van der Waals surface area contributed by atoms with Gasteiger partial charge in [0.05, 0.1) is 5.69 Å². The van der Waals surface area contributed by atoms with Crippen LogP contribution in [-0.4, -0.2) is 24.0 Å². The first-order valence-corrected chi connectivity index (χ1v) is 8.30. The van der Waals surface area contributed by atoms with Gasteiger partial charge in [0.1, 0.15) is 12.3 Å². The van der Waals surface area contributed by atoms with Gasteiger partial charge in [-0.25, -0.2) is 18.8 Å². The van der Waals surface area contributed by atoms with Crippen molar-refractivity contribution in [3.8, 4) is 0 Å². The van der Waals surface area contributed by atoms with E-state index in [1.165, 1.54) is 6.07 Å². The maximum absolute atomic E-state index is 13.4. The zero-order chi connectivity index (χ0) is 18.4. The first-order chi connectivity index (χ1) is 11.9. The summed E-state index contributed by atoms with van der Waals surface area (Å²) >= 11 is 0. The van der Waals surface area contributed by atoms with E-state index in [-0.39, 0.29) is 29.9 Å². The average Bonchev–Trinajstić information content (AvgIpc) is 2.90. The van der Waals surface area contributed by atoms with Crippen molar-refractivity contribution >= 4 is 29.9 Å². The Morgan fingerprint density at radius 2 is 1.96 bits per heavy atom. The summed E-state index contributed by atoms with van der Waals surface area (Å²) in [6.07, 6.45) is 0. The van der Waals surface area contributed by atoms with E-state index in [4.69, 9.17) is 4.42 Å². The molecule has 144 valence electrons. The Hall–Kier alpha value is -1.71. The van der Waals surface area contributed by atoms with Crippen molar-refractivity contribution in [1.82, 2.24) is 15.6 Å². The highest BCUT2D eigenvalue weighted by Crippen LogP contribution is 2.17. The molecule has 1 unspecified atom stereocenters. The third kappa shape index (κ3) is 6.22.